The van der Waals surface area contributed by atoms with Gasteiger partial charge in [-0.25, -0.2) is 0 Å². The quantitative estimate of drug-likeness (QED) is 0.816. The zero-order valence-corrected chi connectivity index (χ0v) is 10.5. The monoisotopic (exact) mass is 266 g/mol. The van der Waals surface area contributed by atoms with Gasteiger partial charge in [0.1, 0.15) is 0 Å². The molecule has 0 bridgehead atoms. The van der Waals surface area contributed by atoms with Gasteiger partial charge in [-0.3, -0.25) is 4.79 Å². The van der Waals surface area contributed by atoms with Crippen LogP contribution < -0.4 is 10.6 Å². The van der Waals surface area contributed by atoms with E-state index in [9.17, 15) is 13.6 Å². The number of carbonyl (C=O) groups excluding carboxylic acids is 1. The Morgan fingerprint density at radius 3 is 2.68 bits per heavy atom. The van der Waals surface area contributed by atoms with Gasteiger partial charge in [0.15, 0.2) is 0 Å². The van der Waals surface area contributed by atoms with Crippen molar-refractivity contribution in [2.24, 2.45) is 0 Å². The normalized spacial score (nSPS) is 15.8. The molecule has 0 spiro atoms. The first-order chi connectivity index (χ1) is 9.10. The molecule has 1 aromatic carbocycles. The fraction of sp³-hybridized carbons (Fsp3) is 0.357. The summed E-state index contributed by atoms with van der Waals surface area (Å²) in [4.78, 5) is 11.6. The molecule has 1 heterocycles. The summed E-state index contributed by atoms with van der Waals surface area (Å²) in [6.45, 7) is 1.72. The molecular formula is C14H16F2N2O. The lowest BCUT2D eigenvalue weighted by Crippen LogP contribution is -2.39. The van der Waals surface area contributed by atoms with Gasteiger partial charge in [0, 0.05) is 18.7 Å². The van der Waals surface area contributed by atoms with E-state index in [4.69, 9.17) is 0 Å². The van der Waals surface area contributed by atoms with Crippen LogP contribution in [0.1, 0.15) is 12.0 Å². The highest BCUT2D eigenvalue weighted by Gasteiger charge is 2.40. The van der Waals surface area contributed by atoms with Gasteiger partial charge in [0.05, 0.1) is 0 Å². The molecule has 3 nitrogen and oxygen atoms in total. The first kappa shape index (κ1) is 13.7. The summed E-state index contributed by atoms with van der Waals surface area (Å²) in [5, 5.41) is 5.43. The average molecular weight is 266 g/mol. The molecule has 2 rings (SSSR count). The Morgan fingerprint density at radius 1 is 1.32 bits per heavy atom. The number of nitrogens with one attached hydrogen (secondary N) is 2. The van der Waals surface area contributed by atoms with Gasteiger partial charge in [-0.05, 0) is 13.0 Å². The molecule has 1 amide bonds. The molecule has 5 heteroatoms. The Bertz CT molecular complexity index is 472. The second-order valence-corrected chi connectivity index (χ2v) is 4.44. The summed E-state index contributed by atoms with van der Waals surface area (Å²) in [6, 6.07) is 7.13. The summed E-state index contributed by atoms with van der Waals surface area (Å²) in [5.41, 5.74) is 0.697. The minimum Gasteiger partial charge on any atom is -0.347 e. The minimum absolute atomic E-state index is 0.183. The van der Waals surface area contributed by atoms with Gasteiger partial charge < -0.3 is 10.6 Å². The maximum absolute atomic E-state index is 13.9. The Hall–Kier alpha value is -1.75. The number of alkyl halides is 2. The predicted octanol–water partition coefficient (Wildman–Crippen LogP) is 1.81. The number of rotatable bonds is 4. The van der Waals surface area contributed by atoms with Gasteiger partial charge in [-0.2, -0.15) is 8.78 Å². The van der Waals surface area contributed by atoms with E-state index in [1.165, 1.54) is 24.3 Å². The Morgan fingerprint density at radius 2 is 2.05 bits per heavy atom. The number of amides is 1. The molecule has 0 saturated carbocycles. The maximum Gasteiger partial charge on any atom is 0.349 e. The first-order valence-electron chi connectivity index (χ1n) is 6.21. The second kappa shape index (κ2) is 5.93. The molecule has 102 valence electrons. The summed E-state index contributed by atoms with van der Waals surface area (Å²) in [7, 11) is 0. The van der Waals surface area contributed by atoms with Crippen molar-refractivity contribution in [1.29, 1.82) is 0 Å². The fourth-order valence-electron chi connectivity index (χ4n) is 1.91. The zero-order valence-electron chi connectivity index (χ0n) is 10.5. The molecule has 1 aliphatic heterocycles. The molecule has 1 aromatic rings. The van der Waals surface area contributed by atoms with Crippen molar-refractivity contribution >= 4 is 5.91 Å². The average Bonchev–Trinajstić information content (AvgIpc) is 2.46. The van der Waals surface area contributed by atoms with E-state index < -0.39 is 11.8 Å². The minimum atomic E-state index is -3.49. The lowest BCUT2D eigenvalue weighted by atomic mass is 10.1. The summed E-state index contributed by atoms with van der Waals surface area (Å²) >= 11 is 0. The van der Waals surface area contributed by atoms with Gasteiger partial charge >= 0.3 is 5.92 Å². The van der Waals surface area contributed by atoms with E-state index in [1.807, 2.05) is 6.08 Å². The Balaban J connectivity index is 1.97. The molecule has 0 atom stereocenters. The van der Waals surface area contributed by atoms with Crippen LogP contribution in [0.2, 0.25) is 0 Å². The molecule has 0 aliphatic carbocycles. The third-order valence-corrected chi connectivity index (χ3v) is 3.06. The number of halogens is 2. The van der Waals surface area contributed by atoms with Crippen molar-refractivity contribution in [3.05, 3.63) is 47.5 Å². The van der Waals surface area contributed by atoms with E-state index in [1.54, 1.807) is 6.07 Å². The third-order valence-electron chi connectivity index (χ3n) is 3.06. The molecule has 0 unspecified atom stereocenters. The molecule has 2 N–H and O–H groups in total. The van der Waals surface area contributed by atoms with Crippen LogP contribution in [0.5, 0.6) is 0 Å². The van der Waals surface area contributed by atoms with E-state index in [-0.39, 0.29) is 12.1 Å². The molecule has 0 radical (unpaired) electrons. The van der Waals surface area contributed by atoms with Crippen LogP contribution in [-0.2, 0) is 10.7 Å². The first-order valence-corrected chi connectivity index (χ1v) is 6.21. The summed E-state index contributed by atoms with van der Waals surface area (Å²) < 4.78 is 27.7. The van der Waals surface area contributed by atoms with Crippen LogP contribution >= 0.6 is 0 Å². The summed E-state index contributed by atoms with van der Waals surface area (Å²) in [5.74, 6) is -4.74. The highest BCUT2D eigenvalue weighted by molar-refractivity contribution is 5.84. The molecule has 0 saturated heterocycles. The SMILES string of the molecule is O=C(NCC1=CCNCC1)C(F)(F)c1ccccc1. The molecule has 1 aliphatic rings. The Labute approximate surface area is 110 Å². The van der Waals surface area contributed by atoms with Crippen LogP contribution in [0.15, 0.2) is 42.0 Å². The van der Waals surface area contributed by atoms with Crippen LogP contribution in [0.4, 0.5) is 8.78 Å². The molecular weight excluding hydrogens is 250 g/mol. The van der Waals surface area contributed by atoms with E-state index in [2.05, 4.69) is 10.6 Å². The largest absolute Gasteiger partial charge is 0.349 e. The molecule has 0 aromatic heterocycles. The topological polar surface area (TPSA) is 41.1 Å². The van der Waals surface area contributed by atoms with Crippen molar-refractivity contribution in [1.82, 2.24) is 10.6 Å². The lowest BCUT2D eigenvalue weighted by molar-refractivity contribution is -0.146. The maximum atomic E-state index is 13.9. The van der Waals surface area contributed by atoms with Crippen molar-refractivity contribution in [3.8, 4) is 0 Å². The van der Waals surface area contributed by atoms with Crippen LogP contribution in [-0.4, -0.2) is 25.5 Å². The van der Waals surface area contributed by atoms with Crippen LogP contribution in [0.25, 0.3) is 0 Å². The van der Waals surface area contributed by atoms with Gasteiger partial charge in [-0.15, -0.1) is 0 Å². The lowest BCUT2D eigenvalue weighted by Gasteiger charge is -2.18. The second-order valence-electron chi connectivity index (χ2n) is 4.44. The van der Waals surface area contributed by atoms with Gasteiger partial charge in [0.2, 0.25) is 0 Å². The van der Waals surface area contributed by atoms with E-state index >= 15 is 0 Å². The highest BCUT2D eigenvalue weighted by Crippen LogP contribution is 2.27. The smallest absolute Gasteiger partial charge is 0.347 e. The fourth-order valence-corrected chi connectivity index (χ4v) is 1.91. The number of hydrogen-bond acceptors (Lipinski definition) is 2. The van der Waals surface area contributed by atoms with E-state index in [0.29, 0.717) is 0 Å². The van der Waals surface area contributed by atoms with Gasteiger partial charge in [0.25, 0.3) is 5.91 Å². The van der Waals surface area contributed by atoms with Crippen molar-refractivity contribution in [3.63, 3.8) is 0 Å². The van der Waals surface area contributed by atoms with Gasteiger partial charge in [-0.1, -0.05) is 42.0 Å². The van der Waals surface area contributed by atoms with E-state index in [0.717, 1.165) is 25.1 Å². The van der Waals surface area contributed by atoms with Crippen molar-refractivity contribution in [2.75, 3.05) is 19.6 Å². The third kappa shape index (κ3) is 3.38. The van der Waals surface area contributed by atoms with Crippen molar-refractivity contribution in [2.45, 2.75) is 12.3 Å². The Kier molecular flexibility index (Phi) is 4.27. The predicted molar refractivity (Wildman–Crippen MR) is 68.9 cm³/mol. The highest BCUT2D eigenvalue weighted by atomic mass is 19.3. The van der Waals surface area contributed by atoms with Crippen molar-refractivity contribution < 1.29 is 13.6 Å². The number of carbonyl (C=O) groups is 1. The van der Waals surface area contributed by atoms with Crippen LogP contribution in [0, 0.1) is 0 Å². The molecule has 19 heavy (non-hydrogen) atoms. The number of hydrogen-bond donors (Lipinski definition) is 2. The van der Waals surface area contributed by atoms with Crippen LogP contribution in [0.3, 0.4) is 0 Å². The standard InChI is InChI=1S/C14H16F2N2O/c15-14(16,12-4-2-1-3-5-12)13(19)18-10-11-6-8-17-9-7-11/h1-6,17H,7-10H2,(H,18,19). The molecule has 0 fully saturated rings. The number of benzene rings is 1. The zero-order chi connectivity index (χ0) is 13.7. The summed E-state index contributed by atoms with van der Waals surface area (Å²) in [6.07, 6.45) is 2.70.